The van der Waals surface area contributed by atoms with Crippen LogP contribution in [0.4, 0.5) is 0 Å². The number of ether oxygens (including phenoxy) is 1. The molecule has 14 heavy (non-hydrogen) atoms. The van der Waals surface area contributed by atoms with Crippen LogP contribution in [0.3, 0.4) is 0 Å². The molecule has 0 saturated heterocycles. The fourth-order valence-electron chi connectivity index (χ4n) is 0.838. The predicted octanol–water partition coefficient (Wildman–Crippen LogP) is 2.85. The molecule has 0 bridgehead atoms. The molecule has 0 aromatic carbocycles. The van der Waals surface area contributed by atoms with Crippen molar-refractivity contribution in [3.63, 3.8) is 0 Å². The van der Waals surface area contributed by atoms with E-state index in [2.05, 4.69) is 29.6 Å². The first-order valence-corrected chi connectivity index (χ1v) is 8.67. The highest BCUT2D eigenvalue weighted by atomic mass is 35.5. The zero-order chi connectivity index (χ0) is 10.6. The van der Waals surface area contributed by atoms with Gasteiger partial charge >= 0.3 is 6.01 Å². The van der Waals surface area contributed by atoms with Crippen LogP contribution in [0.1, 0.15) is 0 Å². The molecule has 0 unspecified atom stereocenters. The number of hydrogen-bond acceptors (Lipinski definition) is 3. The maximum atomic E-state index is 5.69. The third-order valence-corrected chi connectivity index (χ3v) is 3.60. The maximum absolute atomic E-state index is 5.69. The minimum absolute atomic E-state index is 0.371. The number of halogens is 1. The van der Waals surface area contributed by atoms with Crippen molar-refractivity contribution in [2.75, 3.05) is 6.61 Å². The molecule has 1 rings (SSSR count). The molecule has 0 saturated carbocycles. The Kier molecular flexibility index (Phi) is 3.89. The molecule has 1 heterocycles. The Morgan fingerprint density at radius 1 is 1.43 bits per heavy atom. The predicted molar refractivity (Wildman–Crippen MR) is 60.7 cm³/mol. The molecular formula is C9H15ClN2OSi. The lowest BCUT2D eigenvalue weighted by Crippen LogP contribution is -2.22. The van der Waals surface area contributed by atoms with Crippen LogP contribution in [0, 0.1) is 0 Å². The Morgan fingerprint density at radius 2 is 2.14 bits per heavy atom. The minimum Gasteiger partial charge on any atom is -0.464 e. The summed E-state index contributed by atoms with van der Waals surface area (Å²) >= 11 is 5.69. The van der Waals surface area contributed by atoms with Crippen LogP contribution in [-0.2, 0) is 0 Å². The summed E-state index contributed by atoms with van der Waals surface area (Å²) in [4.78, 5) is 7.90. The van der Waals surface area contributed by atoms with Crippen molar-refractivity contribution in [2.24, 2.45) is 0 Å². The number of hydrogen-bond donors (Lipinski definition) is 0. The summed E-state index contributed by atoms with van der Waals surface area (Å²) in [5.41, 5.74) is 0. The smallest absolute Gasteiger partial charge is 0.317 e. The largest absolute Gasteiger partial charge is 0.464 e. The van der Waals surface area contributed by atoms with E-state index in [9.17, 15) is 0 Å². The first-order chi connectivity index (χ1) is 6.47. The van der Waals surface area contributed by atoms with Crippen LogP contribution >= 0.6 is 11.6 Å². The SMILES string of the molecule is C[Si](C)(C)CCOc1nccc(Cl)n1. The van der Waals surface area contributed by atoms with Crippen molar-refractivity contribution < 1.29 is 4.74 Å². The highest BCUT2D eigenvalue weighted by Crippen LogP contribution is 2.11. The van der Waals surface area contributed by atoms with Crippen LogP contribution in [0.15, 0.2) is 12.3 Å². The van der Waals surface area contributed by atoms with Crippen molar-refractivity contribution in [3.8, 4) is 6.01 Å². The molecule has 0 spiro atoms. The van der Waals surface area contributed by atoms with Gasteiger partial charge in [0.05, 0.1) is 6.61 Å². The lowest BCUT2D eigenvalue weighted by atomic mass is 10.7. The second-order valence-corrected chi connectivity index (χ2v) is 10.3. The fourth-order valence-corrected chi connectivity index (χ4v) is 1.68. The summed E-state index contributed by atoms with van der Waals surface area (Å²) in [6.45, 7) is 7.58. The third kappa shape index (κ3) is 4.57. The van der Waals surface area contributed by atoms with E-state index in [1.807, 2.05) is 0 Å². The molecule has 0 fully saturated rings. The monoisotopic (exact) mass is 230 g/mol. The van der Waals surface area contributed by atoms with Gasteiger partial charge < -0.3 is 4.74 Å². The first kappa shape index (κ1) is 11.5. The molecule has 0 radical (unpaired) electrons. The Labute approximate surface area is 90.5 Å². The van der Waals surface area contributed by atoms with Crippen LogP contribution in [-0.4, -0.2) is 24.6 Å². The molecule has 0 aliphatic heterocycles. The summed E-state index contributed by atoms with van der Waals surface area (Å²) < 4.78 is 5.39. The first-order valence-electron chi connectivity index (χ1n) is 4.59. The average molecular weight is 231 g/mol. The van der Waals surface area contributed by atoms with E-state index in [-0.39, 0.29) is 0 Å². The van der Waals surface area contributed by atoms with Crippen molar-refractivity contribution in [2.45, 2.75) is 25.7 Å². The normalized spacial score (nSPS) is 11.4. The van der Waals surface area contributed by atoms with Gasteiger partial charge in [0, 0.05) is 14.3 Å². The van der Waals surface area contributed by atoms with Gasteiger partial charge in [-0.2, -0.15) is 4.98 Å². The van der Waals surface area contributed by atoms with Crippen LogP contribution < -0.4 is 4.74 Å². The van der Waals surface area contributed by atoms with Crippen LogP contribution in [0.2, 0.25) is 30.8 Å². The zero-order valence-corrected chi connectivity index (χ0v) is 10.5. The van der Waals surface area contributed by atoms with E-state index in [1.54, 1.807) is 12.3 Å². The van der Waals surface area contributed by atoms with E-state index in [4.69, 9.17) is 16.3 Å². The molecule has 1 aromatic heterocycles. The van der Waals surface area contributed by atoms with Gasteiger partial charge in [-0.15, -0.1) is 0 Å². The van der Waals surface area contributed by atoms with Gasteiger partial charge in [-0.05, 0) is 12.1 Å². The molecule has 3 nitrogen and oxygen atoms in total. The summed E-state index contributed by atoms with van der Waals surface area (Å²) in [7, 11) is -1.04. The lowest BCUT2D eigenvalue weighted by Gasteiger charge is -2.14. The molecule has 0 aliphatic rings. The van der Waals surface area contributed by atoms with Crippen LogP contribution in [0.25, 0.3) is 0 Å². The molecule has 0 N–H and O–H groups in total. The number of rotatable bonds is 4. The number of nitrogens with zero attached hydrogens (tertiary/aromatic N) is 2. The van der Waals surface area contributed by atoms with Gasteiger partial charge in [-0.3, -0.25) is 0 Å². The summed E-state index contributed by atoms with van der Waals surface area (Å²) in [5, 5.41) is 0.419. The Morgan fingerprint density at radius 3 is 2.71 bits per heavy atom. The molecule has 0 amide bonds. The standard InChI is InChI=1S/C9H15ClN2OSi/c1-14(2,3)7-6-13-9-11-5-4-8(10)12-9/h4-5H,6-7H2,1-3H3. The summed E-state index contributed by atoms with van der Waals surface area (Å²) in [6, 6.07) is 3.10. The topological polar surface area (TPSA) is 35.0 Å². The van der Waals surface area contributed by atoms with Crippen molar-refractivity contribution >= 4 is 19.7 Å². The molecule has 78 valence electrons. The fraction of sp³-hybridized carbons (Fsp3) is 0.556. The van der Waals surface area contributed by atoms with E-state index >= 15 is 0 Å². The molecule has 0 atom stereocenters. The quantitative estimate of drug-likeness (QED) is 0.590. The lowest BCUT2D eigenvalue weighted by molar-refractivity contribution is 0.311. The van der Waals surface area contributed by atoms with Crippen molar-refractivity contribution in [3.05, 3.63) is 17.4 Å². The van der Waals surface area contributed by atoms with E-state index < -0.39 is 8.07 Å². The summed E-state index contributed by atoms with van der Waals surface area (Å²) in [6.07, 6.45) is 1.60. The minimum atomic E-state index is -1.04. The third-order valence-electron chi connectivity index (χ3n) is 1.68. The molecule has 5 heteroatoms. The molecule has 1 aromatic rings. The van der Waals surface area contributed by atoms with E-state index in [0.29, 0.717) is 17.8 Å². The highest BCUT2D eigenvalue weighted by Gasteiger charge is 2.12. The second-order valence-electron chi connectivity index (χ2n) is 4.32. The average Bonchev–Trinajstić information content (AvgIpc) is 2.01. The zero-order valence-electron chi connectivity index (χ0n) is 8.75. The molecule has 0 aliphatic carbocycles. The van der Waals surface area contributed by atoms with Crippen LogP contribution in [0.5, 0.6) is 6.01 Å². The van der Waals surface area contributed by atoms with Gasteiger partial charge in [-0.25, -0.2) is 4.98 Å². The number of aromatic nitrogens is 2. The molecular weight excluding hydrogens is 216 g/mol. The van der Waals surface area contributed by atoms with Crippen molar-refractivity contribution in [1.82, 2.24) is 9.97 Å². The highest BCUT2D eigenvalue weighted by molar-refractivity contribution is 6.76. The Balaban J connectivity index is 2.39. The van der Waals surface area contributed by atoms with E-state index in [0.717, 1.165) is 6.04 Å². The second kappa shape index (κ2) is 4.75. The van der Waals surface area contributed by atoms with Gasteiger partial charge in [0.15, 0.2) is 0 Å². The van der Waals surface area contributed by atoms with Gasteiger partial charge in [0.2, 0.25) is 0 Å². The van der Waals surface area contributed by atoms with E-state index in [1.165, 1.54) is 0 Å². The maximum Gasteiger partial charge on any atom is 0.317 e. The Bertz CT molecular complexity index is 301. The Hall–Kier alpha value is -0.613. The van der Waals surface area contributed by atoms with Gasteiger partial charge in [0.1, 0.15) is 5.15 Å². The van der Waals surface area contributed by atoms with Crippen molar-refractivity contribution in [1.29, 1.82) is 0 Å². The van der Waals surface area contributed by atoms with Gasteiger partial charge in [0.25, 0.3) is 0 Å². The van der Waals surface area contributed by atoms with Gasteiger partial charge in [-0.1, -0.05) is 31.2 Å². The summed E-state index contributed by atoms with van der Waals surface area (Å²) in [5.74, 6) is 0.